The van der Waals surface area contributed by atoms with E-state index in [2.05, 4.69) is 39.9 Å². The van der Waals surface area contributed by atoms with Crippen molar-refractivity contribution in [2.45, 2.75) is 97.0 Å². The van der Waals surface area contributed by atoms with E-state index in [1.807, 2.05) is 0 Å². The first-order chi connectivity index (χ1) is 9.73. The Bertz CT molecular complexity index is 312. The largest absolute Gasteiger partial charge is 0.376 e. The molecule has 0 radical (unpaired) electrons. The summed E-state index contributed by atoms with van der Waals surface area (Å²) in [6, 6.07) is 0. The summed E-state index contributed by atoms with van der Waals surface area (Å²) in [4.78, 5) is 0. The molecule has 2 unspecified atom stereocenters. The van der Waals surface area contributed by atoms with Crippen LogP contribution in [0.25, 0.3) is 0 Å². The lowest BCUT2D eigenvalue weighted by Gasteiger charge is -2.34. The Hall–Kier alpha value is -0.120. The van der Waals surface area contributed by atoms with E-state index in [4.69, 9.17) is 9.47 Å². The van der Waals surface area contributed by atoms with Crippen molar-refractivity contribution >= 4 is 0 Å². The second kappa shape index (κ2) is 6.97. The van der Waals surface area contributed by atoms with E-state index in [9.17, 15) is 0 Å². The number of hydrogen-bond acceptors (Lipinski definition) is 3. The minimum atomic E-state index is 0.173. The molecule has 2 aliphatic rings. The van der Waals surface area contributed by atoms with Crippen molar-refractivity contribution in [1.29, 1.82) is 0 Å². The molecule has 1 aliphatic carbocycles. The Morgan fingerprint density at radius 3 is 2.29 bits per heavy atom. The van der Waals surface area contributed by atoms with Gasteiger partial charge >= 0.3 is 0 Å². The highest BCUT2D eigenvalue weighted by Crippen LogP contribution is 2.36. The zero-order valence-corrected chi connectivity index (χ0v) is 14.7. The molecular formula is C18H35NO2. The van der Waals surface area contributed by atoms with Crippen LogP contribution in [0.4, 0.5) is 0 Å². The second-order valence-electron chi connectivity index (χ2n) is 8.79. The van der Waals surface area contributed by atoms with Crippen LogP contribution in [0.15, 0.2) is 0 Å². The maximum Gasteiger partial charge on any atom is 0.0814 e. The Balaban J connectivity index is 1.60. The number of nitrogens with one attached hydrogen (secondary N) is 1. The first kappa shape index (κ1) is 17.2. The molecule has 2 rings (SSSR count). The van der Waals surface area contributed by atoms with E-state index in [0.717, 1.165) is 26.0 Å². The zero-order valence-electron chi connectivity index (χ0n) is 14.7. The molecule has 0 aromatic heterocycles. The van der Waals surface area contributed by atoms with Crippen LogP contribution in [-0.4, -0.2) is 37.0 Å². The minimum Gasteiger partial charge on any atom is -0.376 e. The Morgan fingerprint density at radius 2 is 1.67 bits per heavy atom. The van der Waals surface area contributed by atoms with Crippen molar-refractivity contribution in [2.75, 3.05) is 13.2 Å². The molecule has 124 valence electrons. The third-order valence-corrected chi connectivity index (χ3v) is 4.86. The second-order valence-corrected chi connectivity index (χ2v) is 8.79. The summed E-state index contributed by atoms with van der Waals surface area (Å²) < 4.78 is 12.2. The summed E-state index contributed by atoms with van der Waals surface area (Å²) in [6.45, 7) is 13.1. The third-order valence-electron chi connectivity index (χ3n) is 4.86. The fraction of sp³-hybridized carbons (Fsp3) is 1.00. The van der Waals surface area contributed by atoms with Gasteiger partial charge < -0.3 is 14.8 Å². The van der Waals surface area contributed by atoms with Crippen molar-refractivity contribution in [3.63, 3.8) is 0 Å². The van der Waals surface area contributed by atoms with E-state index in [1.165, 1.54) is 25.7 Å². The predicted octanol–water partition coefficient (Wildman–Crippen LogP) is 3.91. The van der Waals surface area contributed by atoms with Gasteiger partial charge in [0.2, 0.25) is 0 Å². The molecule has 0 aromatic rings. The van der Waals surface area contributed by atoms with E-state index in [-0.39, 0.29) is 5.54 Å². The van der Waals surface area contributed by atoms with Crippen LogP contribution >= 0.6 is 0 Å². The average Bonchev–Trinajstić information content (AvgIpc) is 2.82. The van der Waals surface area contributed by atoms with E-state index >= 15 is 0 Å². The highest BCUT2D eigenvalue weighted by molar-refractivity contribution is 4.81. The number of rotatable bonds is 5. The highest BCUT2D eigenvalue weighted by atomic mass is 16.5. The van der Waals surface area contributed by atoms with Gasteiger partial charge in [0.1, 0.15) is 0 Å². The van der Waals surface area contributed by atoms with E-state index in [1.54, 1.807) is 0 Å². The van der Waals surface area contributed by atoms with Gasteiger partial charge in [-0.05, 0) is 64.7 Å². The van der Waals surface area contributed by atoms with Crippen molar-refractivity contribution in [3.05, 3.63) is 0 Å². The van der Waals surface area contributed by atoms with Crippen LogP contribution in [0.5, 0.6) is 0 Å². The molecule has 3 heteroatoms. The Morgan fingerprint density at radius 1 is 1.05 bits per heavy atom. The van der Waals surface area contributed by atoms with Gasteiger partial charge in [-0.2, -0.15) is 0 Å². The molecule has 0 aromatic carbocycles. The normalized spacial score (nSPS) is 30.7. The van der Waals surface area contributed by atoms with Crippen LogP contribution in [0.2, 0.25) is 0 Å². The average molecular weight is 297 g/mol. The lowest BCUT2D eigenvalue weighted by molar-refractivity contribution is -0.0589. The van der Waals surface area contributed by atoms with Crippen LogP contribution in [0, 0.1) is 5.41 Å². The van der Waals surface area contributed by atoms with Crippen LogP contribution in [-0.2, 0) is 9.47 Å². The summed E-state index contributed by atoms with van der Waals surface area (Å²) in [7, 11) is 0. The van der Waals surface area contributed by atoms with Gasteiger partial charge in [0.25, 0.3) is 0 Å². The smallest absolute Gasteiger partial charge is 0.0814 e. The van der Waals surface area contributed by atoms with Crippen molar-refractivity contribution in [3.8, 4) is 0 Å². The zero-order chi connectivity index (χ0) is 15.5. The summed E-state index contributed by atoms with van der Waals surface area (Å²) in [5.74, 6) is 0. The fourth-order valence-electron chi connectivity index (χ4n) is 3.26. The van der Waals surface area contributed by atoms with Gasteiger partial charge in [0.05, 0.1) is 24.9 Å². The van der Waals surface area contributed by atoms with Crippen molar-refractivity contribution in [2.24, 2.45) is 5.41 Å². The molecule has 21 heavy (non-hydrogen) atoms. The van der Waals surface area contributed by atoms with Crippen LogP contribution in [0.3, 0.4) is 0 Å². The standard InChI is InChI=1S/C18H35NO2/c1-17(2,3)19-12-15-6-7-16(21-15)13-20-14-8-10-18(4,5)11-9-14/h14-16,19H,6-13H2,1-5H3. The van der Waals surface area contributed by atoms with Gasteiger partial charge in [-0.15, -0.1) is 0 Å². The van der Waals surface area contributed by atoms with Gasteiger partial charge in [-0.25, -0.2) is 0 Å². The first-order valence-electron chi connectivity index (χ1n) is 8.76. The first-order valence-corrected chi connectivity index (χ1v) is 8.76. The Labute approximate surface area is 131 Å². The lowest BCUT2D eigenvalue weighted by Crippen LogP contribution is -2.41. The number of hydrogen-bond donors (Lipinski definition) is 1. The fourth-order valence-corrected chi connectivity index (χ4v) is 3.26. The van der Waals surface area contributed by atoms with Crippen molar-refractivity contribution < 1.29 is 9.47 Å². The minimum absolute atomic E-state index is 0.173. The molecule has 0 spiro atoms. The van der Waals surface area contributed by atoms with Crippen LogP contribution < -0.4 is 5.32 Å². The predicted molar refractivity (Wildman–Crippen MR) is 87.6 cm³/mol. The lowest BCUT2D eigenvalue weighted by atomic mass is 9.76. The van der Waals surface area contributed by atoms with Gasteiger partial charge in [-0.3, -0.25) is 0 Å². The van der Waals surface area contributed by atoms with E-state index in [0.29, 0.717) is 23.7 Å². The van der Waals surface area contributed by atoms with Crippen molar-refractivity contribution in [1.82, 2.24) is 5.32 Å². The molecule has 1 aliphatic heterocycles. The van der Waals surface area contributed by atoms with Gasteiger partial charge in [0.15, 0.2) is 0 Å². The molecule has 2 fully saturated rings. The molecular weight excluding hydrogens is 262 g/mol. The molecule has 0 bridgehead atoms. The maximum atomic E-state index is 6.11. The summed E-state index contributed by atoms with van der Waals surface area (Å²) in [6.07, 6.45) is 8.47. The quantitative estimate of drug-likeness (QED) is 0.834. The SMILES string of the molecule is CC1(C)CCC(OCC2CCC(CNC(C)(C)C)O2)CC1. The number of ether oxygens (including phenoxy) is 2. The molecule has 1 saturated heterocycles. The maximum absolute atomic E-state index is 6.11. The molecule has 0 amide bonds. The summed E-state index contributed by atoms with van der Waals surface area (Å²) in [5, 5.41) is 3.53. The summed E-state index contributed by atoms with van der Waals surface area (Å²) >= 11 is 0. The van der Waals surface area contributed by atoms with Crippen LogP contribution in [0.1, 0.15) is 73.1 Å². The molecule has 1 N–H and O–H groups in total. The molecule has 2 atom stereocenters. The molecule has 3 nitrogen and oxygen atoms in total. The van der Waals surface area contributed by atoms with E-state index < -0.39 is 0 Å². The van der Waals surface area contributed by atoms with Gasteiger partial charge in [0, 0.05) is 12.1 Å². The summed E-state index contributed by atoms with van der Waals surface area (Å²) in [5.41, 5.74) is 0.695. The molecule has 1 heterocycles. The third kappa shape index (κ3) is 6.25. The molecule has 1 saturated carbocycles. The monoisotopic (exact) mass is 297 g/mol. The topological polar surface area (TPSA) is 30.5 Å². The van der Waals surface area contributed by atoms with Gasteiger partial charge in [-0.1, -0.05) is 13.8 Å². The highest BCUT2D eigenvalue weighted by Gasteiger charge is 2.30. The Kier molecular flexibility index (Phi) is 5.72.